The third kappa shape index (κ3) is 26.4. The lowest BCUT2D eigenvalue weighted by Crippen LogP contribution is -2.66. The number of ether oxygens (including phenoxy) is 6. The van der Waals surface area contributed by atoms with Crippen LogP contribution in [-0.2, 0) is 33.2 Å². The second-order valence-electron chi connectivity index (χ2n) is 21.8. The fraction of sp³-hybridized carbons (Fsp3) is 0.914. The van der Waals surface area contributed by atoms with Crippen molar-refractivity contribution >= 4 is 5.91 Å². The maximum absolute atomic E-state index is 13.3. The van der Waals surface area contributed by atoms with Gasteiger partial charge in [0.15, 0.2) is 18.9 Å². The number of hydrogen-bond acceptors (Lipinski definition) is 18. The number of carbonyl (C=O) groups excluding carboxylic acids is 1. The van der Waals surface area contributed by atoms with E-state index in [1.807, 2.05) is 6.08 Å². The Morgan fingerprint density at radius 2 is 0.831 bits per heavy atom. The highest BCUT2D eigenvalue weighted by molar-refractivity contribution is 5.76. The molecule has 17 atom stereocenters. The van der Waals surface area contributed by atoms with Crippen molar-refractivity contribution in [1.82, 2.24) is 5.32 Å². The summed E-state index contributed by atoms with van der Waals surface area (Å²) in [5.41, 5.74) is 0. The summed E-state index contributed by atoms with van der Waals surface area (Å²) in [6.45, 7) is 1.68. The Morgan fingerprint density at radius 1 is 0.455 bits per heavy atom. The van der Waals surface area contributed by atoms with Crippen LogP contribution in [0.3, 0.4) is 0 Å². The lowest BCUT2D eigenvalue weighted by molar-refractivity contribution is -0.379. The molecule has 0 spiro atoms. The van der Waals surface area contributed by atoms with Gasteiger partial charge in [-0.15, -0.1) is 0 Å². The zero-order valence-electron chi connectivity index (χ0n) is 46.9. The summed E-state index contributed by atoms with van der Waals surface area (Å²) in [7, 11) is 0. The number of allylic oxidation sites excluding steroid dienone is 3. The van der Waals surface area contributed by atoms with Gasteiger partial charge in [0, 0.05) is 6.42 Å². The van der Waals surface area contributed by atoms with Crippen LogP contribution in [0.15, 0.2) is 24.3 Å². The third-order valence-corrected chi connectivity index (χ3v) is 15.3. The molecule has 0 radical (unpaired) electrons. The monoisotopic (exact) mass is 1110 g/mol. The van der Waals surface area contributed by atoms with Crippen LogP contribution in [0.25, 0.3) is 0 Å². The van der Waals surface area contributed by atoms with E-state index >= 15 is 0 Å². The SMILES string of the molecule is CCCCCCC/C=C/CC/C=C/C(O)C(COC1OC(CO)C(OC2OC(CO)C(OC3OC(CO)C(O)C(O)C3O)C(O)C2O)C(O)C1O)NC(=O)CCCCCCCCCCCCCCCCCCCCCCC. The van der Waals surface area contributed by atoms with Crippen LogP contribution in [0.5, 0.6) is 0 Å². The Balaban J connectivity index is 1.47. The Kier molecular flexibility index (Phi) is 38.1. The van der Waals surface area contributed by atoms with E-state index in [0.717, 1.165) is 38.5 Å². The average Bonchev–Trinajstić information content (AvgIpc) is 3.42. The minimum absolute atomic E-state index is 0.240. The fourth-order valence-electron chi connectivity index (χ4n) is 10.3. The summed E-state index contributed by atoms with van der Waals surface area (Å²) in [6.07, 6.45) is 16.1. The molecule has 0 aromatic rings. The van der Waals surface area contributed by atoms with E-state index in [0.29, 0.717) is 12.8 Å². The molecular formula is C58H107NO18. The smallest absolute Gasteiger partial charge is 0.220 e. The molecule has 0 aliphatic carbocycles. The van der Waals surface area contributed by atoms with Crippen LogP contribution in [0.4, 0.5) is 0 Å². The topological polar surface area (TPSA) is 307 Å². The van der Waals surface area contributed by atoms with E-state index in [4.69, 9.17) is 28.4 Å². The van der Waals surface area contributed by atoms with Crippen LogP contribution < -0.4 is 5.32 Å². The summed E-state index contributed by atoms with van der Waals surface area (Å²) in [5, 5.41) is 120. The molecule has 77 heavy (non-hydrogen) atoms. The maximum atomic E-state index is 13.3. The van der Waals surface area contributed by atoms with Crippen molar-refractivity contribution in [2.45, 2.75) is 311 Å². The van der Waals surface area contributed by atoms with Gasteiger partial charge in [0.1, 0.15) is 73.2 Å². The highest BCUT2D eigenvalue weighted by Crippen LogP contribution is 2.33. The Hall–Kier alpha value is -1.73. The summed E-state index contributed by atoms with van der Waals surface area (Å²) < 4.78 is 34.2. The van der Waals surface area contributed by atoms with Crippen molar-refractivity contribution in [2.24, 2.45) is 0 Å². The van der Waals surface area contributed by atoms with E-state index in [9.17, 15) is 61.0 Å². The number of carbonyl (C=O) groups is 1. The lowest BCUT2D eigenvalue weighted by atomic mass is 9.96. The van der Waals surface area contributed by atoms with Crippen molar-refractivity contribution in [3.63, 3.8) is 0 Å². The van der Waals surface area contributed by atoms with Crippen molar-refractivity contribution in [3.8, 4) is 0 Å². The van der Waals surface area contributed by atoms with Gasteiger partial charge in [0.2, 0.25) is 5.91 Å². The van der Waals surface area contributed by atoms with Crippen LogP contribution in [-0.4, -0.2) is 193 Å². The third-order valence-electron chi connectivity index (χ3n) is 15.3. The van der Waals surface area contributed by atoms with Crippen molar-refractivity contribution in [2.75, 3.05) is 26.4 Å². The number of unbranched alkanes of at least 4 members (excludes halogenated alkanes) is 26. The van der Waals surface area contributed by atoms with E-state index < -0.39 is 124 Å². The summed E-state index contributed by atoms with van der Waals surface area (Å²) >= 11 is 0. The number of rotatable bonds is 44. The summed E-state index contributed by atoms with van der Waals surface area (Å²) in [4.78, 5) is 13.3. The molecule has 3 heterocycles. The molecular weight excluding hydrogens is 999 g/mol. The summed E-state index contributed by atoms with van der Waals surface area (Å²) in [6, 6.07) is -0.984. The zero-order valence-corrected chi connectivity index (χ0v) is 46.9. The van der Waals surface area contributed by atoms with E-state index in [-0.39, 0.29) is 18.9 Å². The van der Waals surface area contributed by atoms with E-state index in [2.05, 4.69) is 31.3 Å². The van der Waals surface area contributed by atoms with Gasteiger partial charge in [-0.05, 0) is 32.1 Å². The quantitative estimate of drug-likeness (QED) is 0.0277. The van der Waals surface area contributed by atoms with Crippen molar-refractivity contribution < 1.29 is 89.4 Å². The first-order chi connectivity index (χ1) is 37.3. The van der Waals surface area contributed by atoms with Gasteiger partial charge in [-0.3, -0.25) is 4.79 Å². The summed E-state index contributed by atoms with van der Waals surface area (Å²) in [5.74, 6) is -0.284. The molecule has 12 N–H and O–H groups in total. The first-order valence-corrected chi connectivity index (χ1v) is 30.1. The van der Waals surface area contributed by atoms with Gasteiger partial charge in [-0.25, -0.2) is 0 Å². The van der Waals surface area contributed by atoms with E-state index in [1.54, 1.807) is 6.08 Å². The molecule has 1 amide bonds. The average molecular weight is 1110 g/mol. The van der Waals surface area contributed by atoms with Crippen LogP contribution in [0.1, 0.15) is 206 Å². The number of amides is 1. The molecule has 3 aliphatic heterocycles. The molecule has 3 saturated heterocycles. The first-order valence-electron chi connectivity index (χ1n) is 30.1. The zero-order chi connectivity index (χ0) is 56.2. The molecule has 0 bridgehead atoms. The highest BCUT2D eigenvalue weighted by Gasteiger charge is 2.53. The molecule has 0 aromatic carbocycles. The molecule has 3 rings (SSSR count). The minimum atomic E-state index is -1.98. The molecule has 17 unspecified atom stereocenters. The molecule has 3 fully saturated rings. The predicted octanol–water partition coefficient (Wildman–Crippen LogP) is 5.15. The molecule has 0 aromatic heterocycles. The number of hydrogen-bond donors (Lipinski definition) is 12. The normalized spacial score (nSPS) is 30.8. The molecule has 19 nitrogen and oxygen atoms in total. The Morgan fingerprint density at radius 3 is 1.30 bits per heavy atom. The minimum Gasteiger partial charge on any atom is -0.394 e. The van der Waals surface area contributed by atoms with Crippen LogP contribution >= 0.6 is 0 Å². The molecule has 19 heteroatoms. The fourth-order valence-corrected chi connectivity index (χ4v) is 10.3. The molecule has 0 saturated carbocycles. The van der Waals surface area contributed by atoms with Gasteiger partial charge in [-0.1, -0.05) is 192 Å². The van der Waals surface area contributed by atoms with Gasteiger partial charge in [0.05, 0.1) is 38.6 Å². The lowest BCUT2D eigenvalue weighted by Gasteiger charge is -2.48. The van der Waals surface area contributed by atoms with Crippen LogP contribution in [0.2, 0.25) is 0 Å². The number of aliphatic hydroxyl groups excluding tert-OH is 11. The van der Waals surface area contributed by atoms with Gasteiger partial charge in [-0.2, -0.15) is 0 Å². The standard InChI is InChI=1S/C58H107NO18/c1-3-5-7-9-11-13-15-16-17-18-19-20-21-22-23-24-26-28-30-32-34-36-46(64)59-41(42(63)35-33-31-29-27-25-14-12-10-8-6-4-2)40-72-56-52(70)49(67)54(44(38-61)74-56)77-58-53(71)50(68)55(45(39-62)75-58)76-57-51(69)48(66)47(65)43(37-60)73-57/h25,27,33,35,41-45,47-58,60-63,65-71H,3-24,26,28-32,34,36-40H2,1-2H3,(H,59,64)/b27-25+,35-33+. The number of aliphatic hydroxyl groups is 11. The van der Waals surface area contributed by atoms with Gasteiger partial charge in [0.25, 0.3) is 0 Å². The van der Waals surface area contributed by atoms with Gasteiger partial charge < -0.3 is 89.9 Å². The predicted molar refractivity (Wildman–Crippen MR) is 291 cm³/mol. The first kappa shape index (κ1) is 69.5. The molecule has 452 valence electrons. The number of nitrogens with one attached hydrogen (secondary N) is 1. The highest BCUT2D eigenvalue weighted by atomic mass is 16.8. The second-order valence-corrected chi connectivity index (χ2v) is 21.8. The van der Waals surface area contributed by atoms with Crippen molar-refractivity contribution in [3.05, 3.63) is 24.3 Å². The van der Waals surface area contributed by atoms with Crippen molar-refractivity contribution in [1.29, 1.82) is 0 Å². The van der Waals surface area contributed by atoms with Crippen LogP contribution in [0, 0.1) is 0 Å². The Bertz CT molecular complexity index is 1510. The van der Waals surface area contributed by atoms with E-state index in [1.165, 1.54) is 135 Å². The largest absolute Gasteiger partial charge is 0.394 e. The second kappa shape index (κ2) is 42.1. The van der Waals surface area contributed by atoms with Gasteiger partial charge >= 0.3 is 0 Å². The Labute approximate surface area is 460 Å². The molecule has 3 aliphatic rings. The maximum Gasteiger partial charge on any atom is 0.220 e.